The van der Waals surface area contributed by atoms with Crippen LogP contribution in [0.25, 0.3) is 0 Å². The molecule has 1 saturated heterocycles. The first-order valence-corrected chi connectivity index (χ1v) is 6.16. The number of hydrogen-bond acceptors (Lipinski definition) is 3. The molecule has 4 heteroatoms. The molecular weight excluding hydrogens is 212 g/mol. The zero-order valence-electron chi connectivity index (χ0n) is 10.6. The van der Waals surface area contributed by atoms with E-state index in [2.05, 4.69) is 23.3 Å². The van der Waals surface area contributed by atoms with Crippen LogP contribution in [0.1, 0.15) is 24.1 Å². The van der Waals surface area contributed by atoms with E-state index in [0.717, 1.165) is 12.2 Å². The number of rotatable bonds is 3. The first-order valence-electron chi connectivity index (χ1n) is 6.16. The van der Waals surface area contributed by atoms with E-state index in [4.69, 9.17) is 5.26 Å². The number of aromatic nitrogens is 1. The van der Waals surface area contributed by atoms with E-state index >= 15 is 0 Å². The molecule has 0 radical (unpaired) electrons. The van der Waals surface area contributed by atoms with Gasteiger partial charge in [-0.2, -0.15) is 5.26 Å². The number of nitriles is 1. The van der Waals surface area contributed by atoms with Gasteiger partial charge in [0.05, 0.1) is 0 Å². The summed E-state index contributed by atoms with van der Waals surface area (Å²) in [4.78, 5) is 2.37. The number of hydrogen-bond donors (Lipinski definition) is 1. The molecule has 92 valence electrons. The summed E-state index contributed by atoms with van der Waals surface area (Å²) in [6.45, 7) is 3.22. The second-order valence-corrected chi connectivity index (χ2v) is 4.91. The summed E-state index contributed by atoms with van der Waals surface area (Å²) in [5, 5.41) is 12.5. The van der Waals surface area contributed by atoms with Crippen molar-refractivity contribution < 1.29 is 0 Å². The van der Waals surface area contributed by atoms with Crippen molar-refractivity contribution in [3.8, 4) is 6.07 Å². The second-order valence-electron chi connectivity index (χ2n) is 4.91. The van der Waals surface area contributed by atoms with Gasteiger partial charge in [-0.05, 0) is 44.6 Å². The highest BCUT2D eigenvalue weighted by molar-refractivity contribution is 5.28. The van der Waals surface area contributed by atoms with Gasteiger partial charge in [-0.3, -0.25) is 0 Å². The summed E-state index contributed by atoms with van der Waals surface area (Å²) >= 11 is 0. The summed E-state index contributed by atoms with van der Waals surface area (Å²) in [5.41, 5.74) is 1.92. The molecule has 0 unspecified atom stereocenters. The minimum atomic E-state index is 0.622. The van der Waals surface area contributed by atoms with E-state index < -0.39 is 0 Å². The third kappa shape index (κ3) is 3.09. The lowest BCUT2D eigenvalue weighted by atomic mass is 10.1. The van der Waals surface area contributed by atoms with E-state index in [1.165, 1.54) is 31.5 Å². The van der Waals surface area contributed by atoms with Gasteiger partial charge in [0, 0.05) is 25.8 Å². The molecule has 1 N–H and O–H groups in total. The third-order valence-electron chi connectivity index (χ3n) is 3.49. The maximum atomic E-state index is 8.88. The van der Waals surface area contributed by atoms with Crippen LogP contribution in [0.3, 0.4) is 0 Å². The molecule has 1 fully saturated rings. The quantitative estimate of drug-likeness (QED) is 0.848. The normalized spacial score (nSPS) is 18.2. The smallest absolute Gasteiger partial charge is 0.120 e. The van der Waals surface area contributed by atoms with E-state index in [-0.39, 0.29) is 0 Å². The Hall–Kier alpha value is -1.31. The van der Waals surface area contributed by atoms with Gasteiger partial charge in [-0.25, -0.2) is 0 Å². The van der Waals surface area contributed by atoms with Crippen molar-refractivity contribution in [2.45, 2.75) is 25.4 Å². The highest BCUT2D eigenvalue weighted by atomic mass is 15.1. The molecule has 1 aliphatic heterocycles. The fraction of sp³-hybridized carbons (Fsp3) is 0.615. The fourth-order valence-corrected chi connectivity index (χ4v) is 2.32. The van der Waals surface area contributed by atoms with Crippen molar-refractivity contribution in [2.24, 2.45) is 7.05 Å². The van der Waals surface area contributed by atoms with Crippen LogP contribution in [0, 0.1) is 11.3 Å². The number of aryl methyl sites for hydroxylation is 1. The standard InChI is InChI=1S/C13H20N4/c1-16-5-3-12(4-6-16)15-9-11-7-13(8-14)17(2)10-11/h7,10,12,15H,3-6,9H2,1-2H3. The lowest BCUT2D eigenvalue weighted by Crippen LogP contribution is -2.40. The topological polar surface area (TPSA) is 44.0 Å². The van der Waals surface area contributed by atoms with Gasteiger partial charge < -0.3 is 14.8 Å². The molecular formula is C13H20N4. The first kappa shape index (κ1) is 12.2. The van der Waals surface area contributed by atoms with Crippen LogP contribution in [-0.2, 0) is 13.6 Å². The molecule has 2 heterocycles. The van der Waals surface area contributed by atoms with Crippen LogP contribution in [0.5, 0.6) is 0 Å². The van der Waals surface area contributed by atoms with Gasteiger partial charge in [-0.1, -0.05) is 0 Å². The average molecular weight is 232 g/mol. The van der Waals surface area contributed by atoms with Crippen molar-refractivity contribution in [3.63, 3.8) is 0 Å². The Morgan fingerprint density at radius 3 is 2.71 bits per heavy atom. The molecule has 4 nitrogen and oxygen atoms in total. The number of likely N-dealkylation sites (tertiary alicyclic amines) is 1. The minimum Gasteiger partial charge on any atom is -0.342 e. The molecule has 0 spiro atoms. The van der Waals surface area contributed by atoms with Crippen LogP contribution in [0.15, 0.2) is 12.3 Å². The summed E-state index contributed by atoms with van der Waals surface area (Å²) < 4.78 is 1.88. The highest BCUT2D eigenvalue weighted by Gasteiger charge is 2.15. The van der Waals surface area contributed by atoms with Crippen molar-refractivity contribution in [2.75, 3.05) is 20.1 Å². The van der Waals surface area contributed by atoms with Crippen molar-refractivity contribution in [1.82, 2.24) is 14.8 Å². The van der Waals surface area contributed by atoms with Crippen molar-refractivity contribution >= 4 is 0 Å². The lowest BCUT2D eigenvalue weighted by Gasteiger charge is -2.29. The fourth-order valence-electron chi connectivity index (χ4n) is 2.32. The third-order valence-corrected chi connectivity index (χ3v) is 3.49. The maximum absolute atomic E-state index is 8.88. The zero-order chi connectivity index (χ0) is 12.3. The Morgan fingerprint density at radius 2 is 2.12 bits per heavy atom. The molecule has 1 aromatic rings. The molecule has 1 aliphatic rings. The largest absolute Gasteiger partial charge is 0.342 e. The van der Waals surface area contributed by atoms with Crippen molar-refractivity contribution in [1.29, 1.82) is 5.26 Å². The zero-order valence-corrected chi connectivity index (χ0v) is 10.6. The minimum absolute atomic E-state index is 0.622. The Morgan fingerprint density at radius 1 is 1.41 bits per heavy atom. The monoisotopic (exact) mass is 232 g/mol. The molecule has 17 heavy (non-hydrogen) atoms. The summed E-state index contributed by atoms with van der Waals surface area (Å²) in [6.07, 6.45) is 4.46. The molecule has 0 aliphatic carbocycles. The average Bonchev–Trinajstić information content (AvgIpc) is 2.69. The summed E-state index contributed by atoms with van der Waals surface area (Å²) in [6, 6.07) is 4.77. The number of nitrogens with one attached hydrogen (secondary N) is 1. The summed E-state index contributed by atoms with van der Waals surface area (Å²) in [5.74, 6) is 0. The number of nitrogens with zero attached hydrogens (tertiary/aromatic N) is 3. The van der Waals surface area contributed by atoms with Crippen LogP contribution in [0.2, 0.25) is 0 Å². The van der Waals surface area contributed by atoms with Crippen LogP contribution < -0.4 is 5.32 Å². The number of piperidine rings is 1. The van der Waals surface area contributed by atoms with Crippen LogP contribution in [-0.4, -0.2) is 35.6 Å². The molecule has 0 saturated carbocycles. The van der Waals surface area contributed by atoms with Crippen LogP contribution in [0.4, 0.5) is 0 Å². The molecule has 1 aromatic heterocycles. The molecule has 0 amide bonds. The van der Waals surface area contributed by atoms with E-state index in [0.29, 0.717) is 6.04 Å². The lowest BCUT2D eigenvalue weighted by molar-refractivity contribution is 0.234. The van der Waals surface area contributed by atoms with E-state index in [9.17, 15) is 0 Å². The Kier molecular flexibility index (Phi) is 3.82. The highest BCUT2D eigenvalue weighted by Crippen LogP contribution is 2.10. The SMILES string of the molecule is CN1CCC(NCc2cc(C#N)n(C)c2)CC1. The van der Waals surface area contributed by atoms with E-state index in [1.54, 1.807) is 0 Å². The molecule has 0 aromatic carbocycles. The first-order chi connectivity index (χ1) is 8.19. The van der Waals surface area contributed by atoms with Gasteiger partial charge in [0.15, 0.2) is 0 Å². The predicted molar refractivity (Wildman–Crippen MR) is 67.5 cm³/mol. The van der Waals surface area contributed by atoms with Gasteiger partial charge in [0.2, 0.25) is 0 Å². The van der Waals surface area contributed by atoms with Gasteiger partial charge in [0.1, 0.15) is 11.8 Å². The summed E-state index contributed by atoms with van der Waals surface area (Å²) in [7, 11) is 4.09. The van der Waals surface area contributed by atoms with Crippen LogP contribution >= 0.6 is 0 Å². The molecule has 0 atom stereocenters. The molecule has 0 bridgehead atoms. The Balaban J connectivity index is 1.83. The Labute approximate surface area is 103 Å². The molecule has 2 rings (SSSR count). The second kappa shape index (κ2) is 5.35. The Bertz CT molecular complexity index is 408. The van der Waals surface area contributed by atoms with Crippen molar-refractivity contribution in [3.05, 3.63) is 23.5 Å². The maximum Gasteiger partial charge on any atom is 0.120 e. The van der Waals surface area contributed by atoms with Gasteiger partial charge >= 0.3 is 0 Å². The van der Waals surface area contributed by atoms with Gasteiger partial charge in [0.25, 0.3) is 0 Å². The predicted octanol–water partition coefficient (Wildman–Crippen LogP) is 1.08. The van der Waals surface area contributed by atoms with Gasteiger partial charge in [-0.15, -0.1) is 0 Å². The van der Waals surface area contributed by atoms with E-state index in [1.807, 2.05) is 23.9 Å².